The number of hydrogen-bond donors (Lipinski definition) is 0. The number of hydrogen-bond acceptors (Lipinski definition) is 3. The fourth-order valence-corrected chi connectivity index (χ4v) is 2.36. The molecule has 0 aliphatic rings. The Hall–Kier alpha value is -1.07. The maximum atomic E-state index is 11.3. The van der Waals surface area contributed by atoms with Gasteiger partial charge < -0.3 is 4.57 Å². The third kappa shape index (κ3) is 1.81. The van der Waals surface area contributed by atoms with Gasteiger partial charge in [-0.1, -0.05) is 12.1 Å². The lowest BCUT2D eigenvalue weighted by Gasteiger charge is -2.07. The van der Waals surface area contributed by atoms with Gasteiger partial charge in [0, 0.05) is 17.7 Å². The van der Waals surface area contributed by atoms with Gasteiger partial charge >= 0.3 is 0 Å². The summed E-state index contributed by atoms with van der Waals surface area (Å²) in [5.74, 6) is 0.455. The van der Waals surface area contributed by atoms with E-state index in [1.54, 1.807) is 11.6 Å². The zero-order chi connectivity index (χ0) is 11.9. The molecular weight excluding hydrogens is 248 g/mol. The summed E-state index contributed by atoms with van der Waals surface area (Å²) in [5.41, 5.74) is 1.66. The van der Waals surface area contributed by atoms with Crippen molar-refractivity contribution in [1.82, 2.24) is 9.55 Å². The van der Waals surface area contributed by atoms with E-state index in [0.29, 0.717) is 5.82 Å². The first-order valence-electron chi connectivity index (χ1n) is 4.76. The van der Waals surface area contributed by atoms with Crippen LogP contribution in [0, 0.1) is 0 Å². The third-order valence-corrected chi connectivity index (χ3v) is 4.46. The van der Waals surface area contributed by atoms with Crippen molar-refractivity contribution in [2.24, 2.45) is 7.05 Å². The Balaban J connectivity index is 2.67. The molecule has 0 fully saturated rings. The lowest BCUT2D eigenvalue weighted by Crippen LogP contribution is -2.09. The molecule has 4 nitrogen and oxygen atoms in total. The summed E-state index contributed by atoms with van der Waals surface area (Å²) in [6.45, 7) is 1.53. The Labute approximate surface area is 98.3 Å². The van der Waals surface area contributed by atoms with Crippen molar-refractivity contribution in [2.45, 2.75) is 12.2 Å². The summed E-state index contributed by atoms with van der Waals surface area (Å²) in [5, 5.41) is -0.813. The van der Waals surface area contributed by atoms with Crippen LogP contribution < -0.4 is 0 Å². The number of benzene rings is 1. The number of fused-ring (bicyclic) bond motifs is 1. The number of nitrogens with zero attached hydrogens (tertiary/aromatic N) is 2. The molecule has 0 saturated carbocycles. The fourth-order valence-electron chi connectivity index (χ4n) is 1.65. The normalized spacial score (nSPS) is 14.2. The summed E-state index contributed by atoms with van der Waals surface area (Å²) >= 11 is 0. The molecule has 6 heteroatoms. The molecule has 0 bridgehead atoms. The molecule has 86 valence electrons. The first-order chi connectivity index (χ1) is 7.41. The van der Waals surface area contributed by atoms with E-state index < -0.39 is 14.3 Å². The Morgan fingerprint density at radius 2 is 2.00 bits per heavy atom. The predicted octanol–water partition coefficient (Wildman–Crippen LogP) is 2.20. The lowest BCUT2D eigenvalue weighted by atomic mass is 10.3. The van der Waals surface area contributed by atoms with E-state index >= 15 is 0 Å². The van der Waals surface area contributed by atoms with Gasteiger partial charge in [-0.25, -0.2) is 13.4 Å². The molecule has 0 amide bonds. The van der Waals surface area contributed by atoms with Crippen molar-refractivity contribution in [3.63, 3.8) is 0 Å². The number of imidazole rings is 1. The first kappa shape index (κ1) is 11.4. The second kappa shape index (κ2) is 3.75. The van der Waals surface area contributed by atoms with Gasteiger partial charge in [0.1, 0.15) is 11.1 Å². The Morgan fingerprint density at radius 1 is 1.38 bits per heavy atom. The Kier molecular flexibility index (Phi) is 2.67. The minimum absolute atomic E-state index is 0.455. The van der Waals surface area contributed by atoms with Gasteiger partial charge in [-0.3, -0.25) is 0 Å². The van der Waals surface area contributed by atoms with Crippen LogP contribution in [0.5, 0.6) is 0 Å². The third-order valence-electron chi connectivity index (χ3n) is 2.61. The highest BCUT2D eigenvalue weighted by Crippen LogP contribution is 2.26. The molecule has 1 aromatic heterocycles. The molecule has 0 radical (unpaired) electrons. The Morgan fingerprint density at radius 3 is 2.56 bits per heavy atom. The van der Waals surface area contributed by atoms with E-state index in [2.05, 4.69) is 4.98 Å². The van der Waals surface area contributed by atoms with Gasteiger partial charge in [-0.05, 0) is 19.1 Å². The van der Waals surface area contributed by atoms with Crippen LogP contribution in [-0.4, -0.2) is 18.0 Å². The summed E-state index contributed by atoms with van der Waals surface area (Å²) in [6, 6.07) is 7.47. The quantitative estimate of drug-likeness (QED) is 0.776. The van der Waals surface area contributed by atoms with E-state index in [1.165, 1.54) is 6.92 Å². The molecular formula is C10H11ClN2O2S. The largest absolute Gasteiger partial charge is 0.330 e. The molecule has 1 heterocycles. The van der Waals surface area contributed by atoms with Gasteiger partial charge in [0.25, 0.3) is 0 Å². The maximum absolute atomic E-state index is 11.3. The van der Waals surface area contributed by atoms with Crippen LogP contribution in [0.4, 0.5) is 0 Å². The highest BCUT2D eigenvalue weighted by molar-refractivity contribution is 8.13. The SMILES string of the molecule is CC(c1nc2ccccc2n1C)S(=O)(=O)Cl. The molecule has 2 aromatic rings. The number of aryl methyl sites for hydroxylation is 1. The molecule has 0 aliphatic carbocycles. The van der Waals surface area contributed by atoms with E-state index in [4.69, 9.17) is 10.7 Å². The molecule has 0 aliphatic heterocycles. The first-order valence-corrected chi connectivity index (χ1v) is 7.13. The van der Waals surface area contributed by atoms with Crippen molar-refractivity contribution in [3.8, 4) is 0 Å². The van der Waals surface area contributed by atoms with Gasteiger partial charge in [0.2, 0.25) is 9.05 Å². The molecule has 16 heavy (non-hydrogen) atoms. The van der Waals surface area contributed by atoms with E-state index in [1.807, 2.05) is 24.3 Å². The van der Waals surface area contributed by atoms with E-state index in [9.17, 15) is 8.42 Å². The van der Waals surface area contributed by atoms with Crippen LogP contribution in [0.25, 0.3) is 11.0 Å². The van der Waals surface area contributed by atoms with Gasteiger partial charge in [0.15, 0.2) is 0 Å². The Bertz CT molecular complexity index is 633. The number of aromatic nitrogens is 2. The van der Waals surface area contributed by atoms with Crippen molar-refractivity contribution in [2.75, 3.05) is 0 Å². The molecule has 1 aromatic carbocycles. The van der Waals surface area contributed by atoms with Crippen molar-refractivity contribution in [1.29, 1.82) is 0 Å². The standard InChI is InChI=1S/C10H11ClN2O2S/c1-7(16(11,14)15)10-12-8-5-3-4-6-9(8)13(10)2/h3-7H,1-2H3. The van der Waals surface area contributed by atoms with Crippen LogP contribution in [0.15, 0.2) is 24.3 Å². The highest BCUT2D eigenvalue weighted by Gasteiger charge is 2.24. The number of halogens is 1. The lowest BCUT2D eigenvalue weighted by molar-refractivity contribution is 0.595. The van der Waals surface area contributed by atoms with Crippen molar-refractivity contribution < 1.29 is 8.42 Å². The molecule has 0 N–H and O–H groups in total. The topological polar surface area (TPSA) is 52.0 Å². The fraction of sp³-hybridized carbons (Fsp3) is 0.300. The summed E-state index contributed by atoms with van der Waals surface area (Å²) in [4.78, 5) is 4.28. The molecule has 0 spiro atoms. The molecule has 2 rings (SSSR count). The van der Waals surface area contributed by atoms with Gasteiger partial charge in [0.05, 0.1) is 11.0 Å². The zero-order valence-corrected chi connectivity index (χ0v) is 10.5. The second-order valence-corrected chi connectivity index (χ2v) is 6.58. The summed E-state index contributed by atoms with van der Waals surface area (Å²) in [7, 11) is 3.48. The smallest absolute Gasteiger partial charge is 0.242 e. The zero-order valence-electron chi connectivity index (χ0n) is 8.88. The van der Waals surface area contributed by atoms with E-state index in [-0.39, 0.29) is 0 Å². The van der Waals surface area contributed by atoms with Crippen LogP contribution in [0.2, 0.25) is 0 Å². The van der Waals surface area contributed by atoms with Crippen LogP contribution >= 0.6 is 10.7 Å². The van der Waals surface area contributed by atoms with Gasteiger partial charge in [-0.15, -0.1) is 0 Å². The minimum atomic E-state index is -3.64. The van der Waals surface area contributed by atoms with Crippen LogP contribution in [-0.2, 0) is 16.1 Å². The maximum Gasteiger partial charge on any atom is 0.242 e. The monoisotopic (exact) mass is 258 g/mol. The van der Waals surface area contributed by atoms with Crippen molar-refractivity contribution in [3.05, 3.63) is 30.1 Å². The van der Waals surface area contributed by atoms with E-state index in [0.717, 1.165) is 11.0 Å². The number of para-hydroxylation sites is 2. The minimum Gasteiger partial charge on any atom is -0.330 e. The van der Waals surface area contributed by atoms with Crippen LogP contribution in [0.3, 0.4) is 0 Å². The predicted molar refractivity (Wildman–Crippen MR) is 63.9 cm³/mol. The molecule has 1 atom stereocenters. The summed E-state index contributed by atoms with van der Waals surface area (Å²) in [6.07, 6.45) is 0. The van der Waals surface area contributed by atoms with Crippen molar-refractivity contribution >= 4 is 30.8 Å². The highest BCUT2D eigenvalue weighted by atomic mass is 35.7. The van der Waals surface area contributed by atoms with Gasteiger partial charge in [-0.2, -0.15) is 0 Å². The second-order valence-electron chi connectivity index (χ2n) is 3.64. The average molecular weight is 259 g/mol. The molecule has 0 saturated heterocycles. The molecule has 1 unspecified atom stereocenters. The average Bonchev–Trinajstić information content (AvgIpc) is 2.54. The number of rotatable bonds is 2. The summed E-state index contributed by atoms with van der Waals surface area (Å²) < 4.78 is 24.3. The van der Waals surface area contributed by atoms with Crippen LogP contribution in [0.1, 0.15) is 18.0 Å².